The summed E-state index contributed by atoms with van der Waals surface area (Å²) < 4.78 is 44.3. The van der Waals surface area contributed by atoms with Gasteiger partial charge in [0.1, 0.15) is 0 Å². The van der Waals surface area contributed by atoms with Gasteiger partial charge in [-0.3, -0.25) is 0 Å². The van der Waals surface area contributed by atoms with E-state index in [1.54, 1.807) is 0 Å². The number of nitrogens with one attached hydrogen (secondary N) is 1. The molecular formula is C11H7F3N2OS. The number of aromatic amines is 1. The molecule has 0 atom stereocenters. The van der Waals surface area contributed by atoms with E-state index < -0.39 is 17.5 Å². The van der Waals surface area contributed by atoms with E-state index in [0.29, 0.717) is 0 Å². The SMILES string of the molecule is COc1c(-c2cc(F)c(F)c(F)c2)[nH]cnc1=S. The summed E-state index contributed by atoms with van der Waals surface area (Å²) in [6.45, 7) is 0. The number of H-pyrrole nitrogens is 1. The molecule has 0 radical (unpaired) electrons. The third-order valence-electron chi connectivity index (χ3n) is 2.29. The average Bonchev–Trinajstić information content (AvgIpc) is 2.35. The van der Waals surface area contributed by atoms with Crippen LogP contribution in [0.5, 0.6) is 5.75 Å². The van der Waals surface area contributed by atoms with Crippen molar-refractivity contribution in [3.8, 4) is 17.0 Å². The lowest BCUT2D eigenvalue weighted by atomic mass is 10.1. The maximum atomic E-state index is 13.2. The third-order valence-corrected chi connectivity index (χ3v) is 2.58. The molecule has 18 heavy (non-hydrogen) atoms. The molecule has 0 aliphatic carbocycles. The van der Waals surface area contributed by atoms with E-state index in [-0.39, 0.29) is 21.6 Å². The fourth-order valence-corrected chi connectivity index (χ4v) is 1.73. The van der Waals surface area contributed by atoms with E-state index in [9.17, 15) is 13.2 Å². The van der Waals surface area contributed by atoms with E-state index in [0.717, 1.165) is 12.1 Å². The molecule has 2 rings (SSSR count). The Morgan fingerprint density at radius 1 is 1.22 bits per heavy atom. The van der Waals surface area contributed by atoms with Crippen molar-refractivity contribution in [1.29, 1.82) is 0 Å². The first-order chi connectivity index (χ1) is 8.54. The summed E-state index contributed by atoms with van der Waals surface area (Å²) in [6, 6.07) is 1.70. The molecule has 1 aromatic heterocycles. The smallest absolute Gasteiger partial charge is 0.194 e. The number of hydrogen-bond acceptors (Lipinski definition) is 3. The molecule has 0 saturated heterocycles. The highest BCUT2D eigenvalue weighted by molar-refractivity contribution is 7.71. The van der Waals surface area contributed by atoms with Gasteiger partial charge in [0.2, 0.25) is 0 Å². The summed E-state index contributed by atoms with van der Waals surface area (Å²) in [5.74, 6) is -3.94. The summed E-state index contributed by atoms with van der Waals surface area (Å²) in [4.78, 5) is 6.43. The minimum absolute atomic E-state index is 0.0803. The lowest BCUT2D eigenvalue weighted by Crippen LogP contribution is -1.97. The van der Waals surface area contributed by atoms with E-state index >= 15 is 0 Å². The number of aromatic nitrogens is 2. The second-order valence-electron chi connectivity index (χ2n) is 3.37. The normalized spacial score (nSPS) is 10.4. The molecule has 7 heteroatoms. The van der Waals surface area contributed by atoms with E-state index in [4.69, 9.17) is 17.0 Å². The number of rotatable bonds is 2. The van der Waals surface area contributed by atoms with Crippen LogP contribution in [0.15, 0.2) is 18.5 Å². The van der Waals surface area contributed by atoms with Crippen molar-refractivity contribution >= 4 is 12.2 Å². The summed E-state index contributed by atoms with van der Waals surface area (Å²) in [5.41, 5.74) is 0.312. The molecule has 0 amide bonds. The standard InChI is InChI=1S/C11H7F3N2OS/c1-17-10-9(15-4-16-11(10)18)5-2-6(12)8(14)7(13)3-5/h2-4H,1H3,(H,15,16,18). The van der Waals surface area contributed by atoms with Gasteiger partial charge in [0.15, 0.2) is 27.8 Å². The van der Waals surface area contributed by atoms with Crippen LogP contribution in [0.2, 0.25) is 0 Å². The number of nitrogens with zero attached hydrogens (tertiary/aromatic N) is 1. The monoisotopic (exact) mass is 272 g/mol. The zero-order valence-corrected chi connectivity index (χ0v) is 9.95. The van der Waals surface area contributed by atoms with Gasteiger partial charge in [-0.15, -0.1) is 0 Å². The highest BCUT2D eigenvalue weighted by Gasteiger charge is 2.15. The number of halogens is 3. The molecule has 1 heterocycles. The minimum Gasteiger partial charge on any atom is -0.491 e. The molecule has 0 fully saturated rings. The summed E-state index contributed by atoms with van der Waals surface area (Å²) in [5, 5.41) is 0. The van der Waals surface area contributed by atoms with Crippen molar-refractivity contribution in [2.75, 3.05) is 7.11 Å². The first-order valence-electron chi connectivity index (χ1n) is 4.81. The summed E-state index contributed by atoms with van der Waals surface area (Å²) in [6.07, 6.45) is 1.26. The van der Waals surface area contributed by atoms with E-state index in [1.807, 2.05) is 0 Å². The topological polar surface area (TPSA) is 37.9 Å². The van der Waals surface area contributed by atoms with Crippen LogP contribution in [0.25, 0.3) is 11.3 Å². The lowest BCUT2D eigenvalue weighted by molar-refractivity contribution is 0.410. The average molecular weight is 272 g/mol. The van der Waals surface area contributed by atoms with Crippen LogP contribution in [0.1, 0.15) is 0 Å². The summed E-state index contributed by atoms with van der Waals surface area (Å²) >= 11 is 4.91. The van der Waals surface area contributed by atoms with Crippen LogP contribution in [0.3, 0.4) is 0 Å². The molecule has 0 aliphatic heterocycles. The van der Waals surface area contributed by atoms with Crippen molar-refractivity contribution in [1.82, 2.24) is 9.97 Å². The molecule has 0 saturated carbocycles. The molecule has 0 bridgehead atoms. The van der Waals surface area contributed by atoms with Crippen LogP contribution in [-0.2, 0) is 0 Å². The van der Waals surface area contributed by atoms with Gasteiger partial charge in [0.25, 0.3) is 0 Å². The first kappa shape index (κ1) is 12.6. The Labute approximate surface area is 105 Å². The van der Waals surface area contributed by atoms with Gasteiger partial charge >= 0.3 is 0 Å². The van der Waals surface area contributed by atoms with Gasteiger partial charge in [-0.1, -0.05) is 12.2 Å². The van der Waals surface area contributed by atoms with E-state index in [2.05, 4.69) is 9.97 Å². The van der Waals surface area contributed by atoms with E-state index in [1.165, 1.54) is 13.4 Å². The number of hydrogen-bond donors (Lipinski definition) is 1. The fraction of sp³-hybridized carbons (Fsp3) is 0.0909. The first-order valence-corrected chi connectivity index (χ1v) is 5.22. The quantitative estimate of drug-likeness (QED) is 0.673. The van der Waals surface area contributed by atoms with Crippen molar-refractivity contribution in [2.24, 2.45) is 0 Å². The lowest BCUT2D eigenvalue weighted by Gasteiger charge is -2.08. The maximum Gasteiger partial charge on any atom is 0.194 e. The molecule has 3 nitrogen and oxygen atoms in total. The van der Waals surface area contributed by atoms with Crippen LogP contribution < -0.4 is 4.74 Å². The molecule has 1 N–H and O–H groups in total. The molecule has 0 spiro atoms. The Hall–Kier alpha value is -1.89. The third kappa shape index (κ3) is 2.08. The van der Waals surface area contributed by atoms with Crippen LogP contribution in [0, 0.1) is 22.1 Å². The Morgan fingerprint density at radius 3 is 2.39 bits per heavy atom. The van der Waals surface area contributed by atoms with Gasteiger partial charge < -0.3 is 9.72 Å². The zero-order valence-electron chi connectivity index (χ0n) is 9.13. The van der Waals surface area contributed by atoms with Crippen molar-refractivity contribution in [2.45, 2.75) is 0 Å². The number of methoxy groups -OCH3 is 1. The largest absolute Gasteiger partial charge is 0.491 e. The van der Waals surface area contributed by atoms with Gasteiger partial charge in [-0.2, -0.15) is 0 Å². The van der Waals surface area contributed by atoms with Crippen molar-refractivity contribution in [3.63, 3.8) is 0 Å². The highest BCUT2D eigenvalue weighted by atomic mass is 32.1. The Balaban J connectivity index is 2.70. The predicted molar refractivity (Wildman–Crippen MR) is 61.3 cm³/mol. The minimum atomic E-state index is -1.52. The van der Waals surface area contributed by atoms with Gasteiger partial charge in [0, 0.05) is 5.56 Å². The molecule has 94 valence electrons. The Morgan fingerprint density at radius 2 is 1.83 bits per heavy atom. The van der Waals surface area contributed by atoms with Crippen molar-refractivity contribution < 1.29 is 17.9 Å². The molecular weight excluding hydrogens is 265 g/mol. The van der Waals surface area contributed by atoms with Crippen LogP contribution >= 0.6 is 12.2 Å². The van der Waals surface area contributed by atoms with Crippen LogP contribution in [0.4, 0.5) is 13.2 Å². The molecule has 2 aromatic rings. The van der Waals surface area contributed by atoms with Gasteiger partial charge in [0.05, 0.1) is 19.1 Å². The Kier molecular flexibility index (Phi) is 3.33. The Bertz CT molecular complexity index is 634. The fourth-order valence-electron chi connectivity index (χ4n) is 1.49. The second kappa shape index (κ2) is 4.77. The number of ether oxygens (including phenoxy) is 1. The summed E-state index contributed by atoms with van der Waals surface area (Å²) in [7, 11) is 1.35. The van der Waals surface area contributed by atoms with Gasteiger partial charge in [-0.05, 0) is 12.1 Å². The second-order valence-corrected chi connectivity index (χ2v) is 3.76. The number of benzene rings is 1. The highest BCUT2D eigenvalue weighted by Crippen LogP contribution is 2.29. The molecule has 0 aliphatic rings. The zero-order chi connectivity index (χ0) is 13.3. The van der Waals surface area contributed by atoms with Crippen LogP contribution in [-0.4, -0.2) is 17.1 Å². The van der Waals surface area contributed by atoms with Gasteiger partial charge in [-0.25, -0.2) is 18.2 Å². The van der Waals surface area contributed by atoms with Crippen molar-refractivity contribution in [3.05, 3.63) is 40.6 Å². The molecule has 1 aromatic carbocycles. The maximum absolute atomic E-state index is 13.2. The molecule has 0 unspecified atom stereocenters. The predicted octanol–water partition coefficient (Wildman–Crippen LogP) is 3.23.